The molecule has 1 amide bonds. The van der Waals surface area contributed by atoms with E-state index in [0.717, 1.165) is 19.4 Å². The number of aliphatic hydroxyl groups is 1. The van der Waals surface area contributed by atoms with Crippen molar-refractivity contribution in [2.45, 2.75) is 55.3 Å². The normalized spacial score (nSPS) is 37.1. The van der Waals surface area contributed by atoms with Gasteiger partial charge in [-0.2, -0.15) is 0 Å². The van der Waals surface area contributed by atoms with E-state index in [1.54, 1.807) is 4.90 Å². The molecule has 1 saturated heterocycles. The molecule has 1 saturated carbocycles. The summed E-state index contributed by atoms with van der Waals surface area (Å²) in [6.07, 6.45) is 1.12. The van der Waals surface area contributed by atoms with Gasteiger partial charge in [-0.25, -0.2) is 4.79 Å². The Morgan fingerprint density at radius 2 is 2.06 bits per heavy atom. The van der Waals surface area contributed by atoms with Crippen LogP contribution in [0.5, 0.6) is 0 Å². The van der Waals surface area contributed by atoms with Crippen LogP contribution in [0.2, 0.25) is 0 Å². The largest absolute Gasteiger partial charge is 0.444 e. The van der Waals surface area contributed by atoms with Crippen LogP contribution >= 0.6 is 22.6 Å². The molecule has 2 fully saturated rings. The van der Waals surface area contributed by atoms with Gasteiger partial charge in [-0.3, -0.25) is 0 Å². The maximum atomic E-state index is 12.1. The van der Waals surface area contributed by atoms with Gasteiger partial charge in [-0.15, -0.1) is 0 Å². The molecule has 2 bridgehead atoms. The highest BCUT2D eigenvalue weighted by molar-refractivity contribution is 14.1. The Hall–Kier alpha value is -0.0400. The quantitative estimate of drug-likeness (QED) is 0.537. The fourth-order valence-electron chi connectivity index (χ4n) is 2.67. The molecule has 5 heteroatoms. The van der Waals surface area contributed by atoms with Gasteiger partial charge in [0.2, 0.25) is 0 Å². The van der Waals surface area contributed by atoms with E-state index < -0.39 is 11.7 Å². The lowest BCUT2D eigenvalue weighted by molar-refractivity contribution is 0.00601. The van der Waals surface area contributed by atoms with E-state index >= 15 is 0 Å². The number of fused-ring (bicyclic) bond motifs is 2. The second kappa shape index (κ2) is 4.57. The summed E-state index contributed by atoms with van der Waals surface area (Å²) >= 11 is 2.36. The van der Waals surface area contributed by atoms with Crippen LogP contribution in [0.1, 0.15) is 33.6 Å². The first kappa shape index (κ1) is 13.4. The number of aliphatic hydroxyl groups excluding tert-OH is 1. The van der Waals surface area contributed by atoms with Crippen LogP contribution in [-0.4, -0.2) is 44.3 Å². The van der Waals surface area contributed by atoms with Crippen molar-refractivity contribution in [3.8, 4) is 0 Å². The van der Waals surface area contributed by atoms with Crippen molar-refractivity contribution in [3.63, 3.8) is 0 Å². The van der Waals surface area contributed by atoms with Gasteiger partial charge < -0.3 is 14.7 Å². The molecular formula is C12H20INO3. The minimum absolute atomic E-state index is 0.0656. The van der Waals surface area contributed by atoms with Crippen molar-refractivity contribution in [3.05, 3.63) is 0 Å². The molecule has 0 radical (unpaired) electrons. The Morgan fingerprint density at radius 3 is 2.65 bits per heavy atom. The molecule has 1 heterocycles. The number of amides is 1. The predicted molar refractivity (Wildman–Crippen MR) is 73.3 cm³/mol. The Kier molecular flexibility index (Phi) is 3.60. The molecule has 1 N–H and O–H groups in total. The van der Waals surface area contributed by atoms with Gasteiger partial charge >= 0.3 is 6.09 Å². The standard InChI is InChI=1S/C12H20INO3/c1-12(2,3)17-11(16)14-6-7-4-5-8(15)10(14)9(7)13/h7-10,15H,4-6H2,1-3H3/t7-,8+,9-,10-/m1/s1. The molecular weight excluding hydrogens is 333 g/mol. The fraction of sp³-hybridized carbons (Fsp3) is 0.917. The number of alkyl halides is 1. The molecule has 0 unspecified atom stereocenters. The molecule has 4 atom stereocenters. The lowest BCUT2D eigenvalue weighted by Gasteiger charge is -2.33. The maximum absolute atomic E-state index is 12.1. The average molecular weight is 353 g/mol. The number of likely N-dealkylation sites (tertiary alicyclic amines) is 1. The zero-order valence-electron chi connectivity index (χ0n) is 10.5. The first-order chi connectivity index (χ1) is 7.79. The highest BCUT2D eigenvalue weighted by Crippen LogP contribution is 2.41. The second-order valence-corrected chi connectivity index (χ2v) is 7.41. The zero-order chi connectivity index (χ0) is 12.8. The highest BCUT2D eigenvalue weighted by atomic mass is 127. The van der Waals surface area contributed by atoms with Crippen LogP contribution in [0.4, 0.5) is 4.79 Å². The highest BCUT2D eigenvalue weighted by Gasteiger charge is 2.50. The lowest BCUT2D eigenvalue weighted by atomic mass is 9.88. The summed E-state index contributed by atoms with van der Waals surface area (Å²) in [5, 5.41) is 10.0. The minimum atomic E-state index is -0.473. The summed E-state index contributed by atoms with van der Waals surface area (Å²) in [6, 6.07) is -0.0656. The van der Waals surface area contributed by atoms with E-state index in [1.807, 2.05) is 20.8 Å². The molecule has 4 nitrogen and oxygen atoms in total. The first-order valence-electron chi connectivity index (χ1n) is 6.11. The van der Waals surface area contributed by atoms with Crippen LogP contribution in [-0.2, 0) is 4.74 Å². The monoisotopic (exact) mass is 353 g/mol. The molecule has 2 rings (SSSR count). The SMILES string of the molecule is CC(C)(C)OC(=O)N1C[C@H]2CC[C@H](O)[C@@H]1[C@@H]2I. The van der Waals surface area contributed by atoms with E-state index in [9.17, 15) is 9.90 Å². The summed E-state index contributed by atoms with van der Waals surface area (Å²) in [5.41, 5.74) is -0.473. The lowest BCUT2D eigenvalue weighted by Crippen LogP contribution is -2.48. The number of halogens is 1. The topological polar surface area (TPSA) is 49.8 Å². The predicted octanol–water partition coefficient (Wildman–Crippen LogP) is 2.18. The molecule has 0 aromatic carbocycles. The number of hydrogen-bond acceptors (Lipinski definition) is 3. The van der Waals surface area contributed by atoms with Crippen molar-refractivity contribution < 1.29 is 14.6 Å². The van der Waals surface area contributed by atoms with E-state index in [-0.39, 0.29) is 12.1 Å². The summed E-state index contributed by atoms with van der Waals surface area (Å²) in [4.78, 5) is 13.8. The fourth-order valence-corrected chi connectivity index (χ4v) is 4.12. The Labute approximate surface area is 116 Å². The van der Waals surface area contributed by atoms with Crippen molar-refractivity contribution in [2.75, 3.05) is 6.54 Å². The first-order valence-corrected chi connectivity index (χ1v) is 7.36. The zero-order valence-corrected chi connectivity index (χ0v) is 12.7. The van der Waals surface area contributed by atoms with Crippen LogP contribution in [0.15, 0.2) is 0 Å². The van der Waals surface area contributed by atoms with Gasteiger partial charge in [0.05, 0.1) is 12.1 Å². The molecule has 0 aromatic heterocycles. The molecule has 1 aliphatic carbocycles. The van der Waals surface area contributed by atoms with E-state index in [4.69, 9.17) is 4.74 Å². The van der Waals surface area contributed by atoms with Gasteiger partial charge in [-0.05, 0) is 39.5 Å². The molecule has 17 heavy (non-hydrogen) atoms. The molecule has 98 valence electrons. The number of nitrogens with zero attached hydrogens (tertiary/aromatic N) is 1. The van der Waals surface area contributed by atoms with Gasteiger partial charge in [0, 0.05) is 10.5 Å². The van der Waals surface area contributed by atoms with Gasteiger partial charge in [0.1, 0.15) is 5.60 Å². The van der Waals surface area contributed by atoms with Crippen molar-refractivity contribution in [2.24, 2.45) is 5.92 Å². The van der Waals surface area contributed by atoms with Crippen LogP contribution in [0.25, 0.3) is 0 Å². The van der Waals surface area contributed by atoms with E-state index in [0.29, 0.717) is 9.84 Å². The summed E-state index contributed by atoms with van der Waals surface area (Å²) in [6.45, 7) is 6.32. The van der Waals surface area contributed by atoms with Crippen LogP contribution < -0.4 is 0 Å². The molecule has 2 aliphatic rings. The summed E-state index contributed by atoms with van der Waals surface area (Å²) in [5.74, 6) is 0.511. The number of ether oxygens (including phenoxy) is 1. The number of carbonyl (C=O) groups excluding carboxylic acids is 1. The summed E-state index contributed by atoms with van der Waals surface area (Å²) < 4.78 is 5.75. The van der Waals surface area contributed by atoms with E-state index in [2.05, 4.69) is 22.6 Å². The van der Waals surface area contributed by atoms with Gasteiger partial charge in [-0.1, -0.05) is 22.6 Å². The Balaban J connectivity index is 2.09. The third-order valence-electron chi connectivity index (χ3n) is 3.42. The average Bonchev–Trinajstić information content (AvgIpc) is 2.37. The number of carbonyl (C=O) groups is 1. The van der Waals surface area contributed by atoms with Gasteiger partial charge in [0.15, 0.2) is 0 Å². The molecule has 1 aliphatic heterocycles. The number of hydrogen-bond donors (Lipinski definition) is 1. The molecule has 0 aromatic rings. The third-order valence-corrected chi connectivity index (χ3v) is 5.18. The van der Waals surface area contributed by atoms with E-state index in [1.165, 1.54) is 0 Å². The van der Waals surface area contributed by atoms with Crippen molar-refractivity contribution in [1.82, 2.24) is 4.90 Å². The maximum Gasteiger partial charge on any atom is 0.410 e. The smallest absolute Gasteiger partial charge is 0.410 e. The van der Waals surface area contributed by atoms with Crippen molar-refractivity contribution in [1.29, 1.82) is 0 Å². The molecule has 0 spiro atoms. The Morgan fingerprint density at radius 1 is 1.41 bits per heavy atom. The minimum Gasteiger partial charge on any atom is -0.444 e. The summed E-state index contributed by atoms with van der Waals surface area (Å²) in [7, 11) is 0. The number of rotatable bonds is 0. The Bertz CT molecular complexity index is 315. The van der Waals surface area contributed by atoms with Crippen LogP contribution in [0, 0.1) is 5.92 Å². The van der Waals surface area contributed by atoms with Crippen LogP contribution in [0.3, 0.4) is 0 Å². The van der Waals surface area contributed by atoms with Gasteiger partial charge in [0.25, 0.3) is 0 Å². The third kappa shape index (κ3) is 2.70. The second-order valence-electron chi connectivity index (χ2n) is 5.97. The van der Waals surface area contributed by atoms with Crippen molar-refractivity contribution >= 4 is 28.7 Å².